The van der Waals surface area contributed by atoms with E-state index in [1.54, 1.807) is 18.3 Å². The molecule has 3 aromatic rings. The number of carbonyl (C=O) groups excluding carboxylic acids is 2. The normalized spacial score (nSPS) is 11.7. The van der Waals surface area contributed by atoms with Crippen LogP contribution in [-0.2, 0) is 40.4 Å². The summed E-state index contributed by atoms with van der Waals surface area (Å²) in [4.78, 5) is 24.0. The van der Waals surface area contributed by atoms with Gasteiger partial charge in [-0.3, -0.25) is 14.3 Å². The second kappa shape index (κ2) is 11.0. The number of ether oxygens (including phenoxy) is 1. The van der Waals surface area contributed by atoms with Crippen LogP contribution in [0.25, 0.3) is 0 Å². The molecule has 8 nitrogen and oxygen atoms in total. The molecule has 31 heavy (non-hydrogen) atoms. The van der Waals surface area contributed by atoms with Crippen molar-refractivity contribution < 1.29 is 18.7 Å². The summed E-state index contributed by atoms with van der Waals surface area (Å²) in [7, 11) is 0. The van der Waals surface area contributed by atoms with Crippen LogP contribution in [0.15, 0.2) is 60.8 Å². The fourth-order valence-corrected chi connectivity index (χ4v) is 2.82. The maximum Gasteiger partial charge on any atom is 0.323 e. The number of nitrogens with two attached hydrogens (primary N) is 1. The fraction of sp³-hybridized carbons (Fsp3) is 0.273. The van der Waals surface area contributed by atoms with Crippen molar-refractivity contribution in [2.24, 2.45) is 5.73 Å². The molecule has 2 aromatic carbocycles. The van der Waals surface area contributed by atoms with Crippen LogP contribution in [0, 0.1) is 5.82 Å². The number of aromatic nitrogens is 3. The number of rotatable bonds is 10. The molecule has 9 heteroatoms. The Morgan fingerprint density at radius 2 is 1.84 bits per heavy atom. The lowest BCUT2D eigenvalue weighted by Crippen LogP contribution is -2.34. The summed E-state index contributed by atoms with van der Waals surface area (Å²) >= 11 is 0. The minimum atomic E-state index is -0.762. The zero-order valence-corrected chi connectivity index (χ0v) is 16.9. The molecule has 1 atom stereocenters. The Hall–Kier alpha value is -3.59. The fourth-order valence-electron chi connectivity index (χ4n) is 2.82. The third-order valence-electron chi connectivity index (χ3n) is 4.52. The third-order valence-corrected chi connectivity index (χ3v) is 4.52. The quantitative estimate of drug-likeness (QED) is 0.479. The minimum absolute atomic E-state index is 0.0436. The number of amides is 1. The Kier molecular flexibility index (Phi) is 7.83. The second-order valence-electron chi connectivity index (χ2n) is 7.03. The van der Waals surface area contributed by atoms with Crippen molar-refractivity contribution in [1.29, 1.82) is 0 Å². The van der Waals surface area contributed by atoms with Gasteiger partial charge in [0.1, 0.15) is 24.2 Å². The van der Waals surface area contributed by atoms with E-state index in [1.165, 1.54) is 16.8 Å². The SMILES string of the molecule is N[C@H](Cc1ccccc1)C(=O)OCc1cn(CCC(=O)NCc2ccc(F)cc2)nn1. The number of nitrogens with zero attached hydrogens (tertiary/aromatic N) is 3. The number of hydrogen-bond donors (Lipinski definition) is 2. The van der Waals surface area contributed by atoms with Crippen molar-refractivity contribution in [2.75, 3.05) is 0 Å². The highest BCUT2D eigenvalue weighted by molar-refractivity contribution is 5.76. The zero-order chi connectivity index (χ0) is 22.1. The molecule has 1 aromatic heterocycles. The van der Waals surface area contributed by atoms with Gasteiger partial charge < -0.3 is 15.8 Å². The minimum Gasteiger partial charge on any atom is -0.458 e. The van der Waals surface area contributed by atoms with Crippen LogP contribution in [0.3, 0.4) is 0 Å². The lowest BCUT2D eigenvalue weighted by atomic mass is 10.1. The highest BCUT2D eigenvalue weighted by atomic mass is 19.1. The molecule has 3 N–H and O–H groups in total. The highest BCUT2D eigenvalue weighted by Gasteiger charge is 2.16. The molecule has 0 radical (unpaired) electrons. The monoisotopic (exact) mass is 425 g/mol. The van der Waals surface area contributed by atoms with Crippen LogP contribution in [0.5, 0.6) is 0 Å². The first-order valence-electron chi connectivity index (χ1n) is 9.86. The molecule has 0 saturated heterocycles. The average molecular weight is 425 g/mol. The number of aryl methyl sites for hydroxylation is 1. The molecule has 1 amide bonds. The van der Waals surface area contributed by atoms with Gasteiger partial charge in [-0.1, -0.05) is 47.7 Å². The molecular weight excluding hydrogens is 401 g/mol. The highest BCUT2D eigenvalue weighted by Crippen LogP contribution is 2.05. The smallest absolute Gasteiger partial charge is 0.323 e. The van der Waals surface area contributed by atoms with Crippen molar-refractivity contribution in [3.63, 3.8) is 0 Å². The molecule has 0 unspecified atom stereocenters. The molecule has 0 aliphatic carbocycles. The maximum atomic E-state index is 12.9. The van der Waals surface area contributed by atoms with Gasteiger partial charge in [-0.25, -0.2) is 4.39 Å². The van der Waals surface area contributed by atoms with Gasteiger partial charge in [0.05, 0.1) is 12.7 Å². The van der Waals surface area contributed by atoms with E-state index >= 15 is 0 Å². The first kappa shape index (κ1) is 22.1. The number of benzene rings is 2. The van der Waals surface area contributed by atoms with Gasteiger partial charge in [0, 0.05) is 13.0 Å². The third kappa shape index (κ3) is 7.31. The number of carbonyl (C=O) groups is 2. The van der Waals surface area contributed by atoms with Crippen LogP contribution in [0.4, 0.5) is 4.39 Å². The van der Waals surface area contributed by atoms with Crippen LogP contribution in [0.2, 0.25) is 0 Å². The van der Waals surface area contributed by atoms with Crippen LogP contribution in [0.1, 0.15) is 23.2 Å². The van der Waals surface area contributed by atoms with Gasteiger partial charge in [0.15, 0.2) is 0 Å². The Morgan fingerprint density at radius 3 is 2.58 bits per heavy atom. The van der Waals surface area contributed by atoms with E-state index in [1.807, 2.05) is 30.3 Å². The Bertz CT molecular complexity index is 992. The summed E-state index contributed by atoms with van der Waals surface area (Å²) in [6, 6.07) is 14.6. The molecular formula is C22H24FN5O3. The van der Waals surface area contributed by atoms with Gasteiger partial charge in [-0.05, 0) is 29.7 Å². The molecule has 0 saturated carbocycles. The molecule has 0 bridgehead atoms. The van der Waals surface area contributed by atoms with Crippen molar-refractivity contribution >= 4 is 11.9 Å². The van der Waals surface area contributed by atoms with E-state index in [2.05, 4.69) is 15.6 Å². The lowest BCUT2D eigenvalue weighted by molar-refractivity contribution is -0.146. The summed E-state index contributed by atoms with van der Waals surface area (Å²) in [6.45, 7) is 0.600. The molecule has 0 aliphatic heterocycles. The summed E-state index contributed by atoms with van der Waals surface area (Å²) in [5.41, 5.74) is 8.13. The Labute approximate surface area is 179 Å². The number of esters is 1. The summed E-state index contributed by atoms with van der Waals surface area (Å²) in [5, 5.41) is 10.6. The van der Waals surface area contributed by atoms with Crippen molar-refractivity contribution in [3.8, 4) is 0 Å². The molecule has 0 spiro atoms. The molecule has 1 heterocycles. The van der Waals surface area contributed by atoms with E-state index < -0.39 is 12.0 Å². The topological polar surface area (TPSA) is 112 Å². The first-order valence-corrected chi connectivity index (χ1v) is 9.86. The lowest BCUT2D eigenvalue weighted by Gasteiger charge is -2.10. The maximum absolute atomic E-state index is 12.9. The zero-order valence-electron chi connectivity index (χ0n) is 16.9. The number of halogens is 1. The van der Waals surface area contributed by atoms with Crippen LogP contribution in [-0.4, -0.2) is 32.9 Å². The summed E-state index contributed by atoms with van der Waals surface area (Å²) in [5.74, 6) is -1.00. The van der Waals surface area contributed by atoms with Crippen LogP contribution >= 0.6 is 0 Å². The summed E-state index contributed by atoms with van der Waals surface area (Å²) < 4.78 is 19.6. The van der Waals surface area contributed by atoms with Gasteiger partial charge in [0.25, 0.3) is 0 Å². The molecule has 0 fully saturated rings. The van der Waals surface area contributed by atoms with E-state index in [0.717, 1.165) is 11.1 Å². The van der Waals surface area contributed by atoms with Gasteiger partial charge in [0.2, 0.25) is 5.91 Å². The van der Waals surface area contributed by atoms with Crippen molar-refractivity contribution in [3.05, 3.63) is 83.4 Å². The van der Waals surface area contributed by atoms with Crippen molar-refractivity contribution in [2.45, 2.75) is 38.6 Å². The van der Waals surface area contributed by atoms with E-state index in [-0.39, 0.29) is 24.8 Å². The van der Waals surface area contributed by atoms with Gasteiger partial charge in [-0.2, -0.15) is 0 Å². The van der Waals surface area contributed by atoms with E-state index in [9.17, 15) is 14.0 Å². The largest absolute Gasteiger partial charge is 0.458 e. The summed E-state index contributed by atoms with van der Waals surface area (Å²) in [6.07, 6.45) is 2.20. The Morgan fingerprint density at radius 1 is 1.10 bits per heavy atom. The van der Waals surface area contributed by atoms with Gasteiger partial charge >= 0.3 is 5.97 Å². The standard InChI is InChI=1S/C22H24FN5O3/c23-18-8-6-17(7-9-18)13-25-21(29)10-11-28-14-19(26-27-28)15-31-22(30)20(24)12-16-4-2-1-3-5-16/h1-9,14,20H,10-13,15,24H2,(H,25,29)/t20-/m1/s1. The van der Waals surface area contributed by atoms with Gasteiger partial charge in [-0.15, -0.1) is 5.10 Å². The number of nitrogens with one attached hydrogen (secondary N) is 1. The molecule has 162 valence electrons. The van der Waals surface area contributed by atoms with Crippen molar-refractivity contribution in [1.82, 2.24) is 20.3 Å². The predicted molar refractivity (Wildman–Crippen MR) is 111 cm³/mol. The predicted octanol–water partition coefficient (Wildman–Crippen LogP) is 1.74. The second-order valence-corrected chi connectivity index (χ2v) is 7.03. The molecule has 3 rings (SSSR count). The van der Waals surface area contributed by atoms with E-state index in [0.29, 0.717) is 25.2 Å². The average Bonchev–Trinajstić information content (AvgIpc) is 3.24. The Balaban J connectivity index is 1.37. The van der Waals surface area contributed by atoms with Crippen LogP contribution < -0.4 is 11.1 Å². The molecule has 0 aliphatic rings. The first-order chi connectivity index (χ1) is 15.0. The number of hydrogen-bond acceptors (Lipinski definition) is 6. The van der Waals surface area contributed by atoms with E-state index in [4.69, 9.17) is 10.5 Å².